The molecule has 5 nitrogen and oxygen atoms in total. The molecule has 0 unspecified atom stereocenters. The van der Waals surface area contributed by atoms with Crippen LogP contribution in [0.25, 0.3) is 0 Å². The first kappa shape index (κ1) is 14.5. The van der Waals surface area contributed by atoms with Crippen LogP contribution < -0.4 is 15.8 Å². The summed E-state index contributed by atoms with van der Waals surface area (Å²) in [6, 6.07) is 7.46. The summed E-state index contributed by atoms with van der Waals surface area (Å²) < 4.78 is 6.43. The Kier molecular flexibility index (Phi) is 6.21. The molecular weight excluding hydrogens is 300 g/mol. The van der Waals surface area contributed by atoms with Gasteiger partial charge in [-0.1, -0.05) is 15.9 Å². The van der Waals surface area contributed by atoms with Crippen molar-refractivity contribution in [2.75, 3.05) is 13.2 Å². The van der Waals surface area contributed by atoms with Crippen LogP contribution in [0.5, 0.6) is 5.75 Å². The third-order valence-electron chi connectivity index (χ3n) is 2.09. The summed E-state index contributed by atoms with van der Waals surface area (Å²) in [6.45, 7) is 0.331. The topological polar surface area (TPSA) is 81.4 Å². The van der Waals surface area contributed by atoms with Crippen molar-refractivity contribution in [2.45, 2.75) is 12.8 Å². The van der Waals surface area contributed by atoms with Gasteiger partial charge in [0.1, 0.15) is 5.75 Å². The van der Waals surface area contributed by atoms with Gasteiger partial charge in [-0.05, 0) is 30.7 Å². The Balaban J connectivity index is 2.13. The van der Waals surface area contributed by atoms with Gasteiger partial charge in [-0.15, -0.1) is 0 Å². The number of carbonyl (C=O) groups excluding carboxylic acids is 2. The Morgan fingerprint density at radius 1 is 1.28 bits per heavy atom. The third-order valence-corrected chi connectivity index (χ3v) is 2.62. The van der Waals surface area contributed by atoms with Crippen LogP contribution in [-0.4, -0.2) is 25.0 Å². The first-order valence-corrected chi connectivity index (χ1v) is 6.30. The zero-order chi connectivity index (χ0) is 13.4. The Morgan fingerprint density at radius 3 is 2.56 bits per heavy atom. The van der Waals surface area contributed by atoms with Gasteiger partial charge in [0.15, 0.2) is 0 Å². The lowest BCUT2D eigenvalue weighted by atomic mass is 10.3. The first-order chi connectivity index (χ1) is 8.58. The van der Waals surface area contributed by atoms with E-state index < -0.39 is 5.91 Å². The maximum atomic E-state index is 11.2. The molecule has 0 aromatic heterocycles. The maximum absolute atomic E-state index is 11.2. The molecule has 1 rings (SSSR count). The van der Waals surface area contributed by atoms with Crippen molar-refractivity contribution in [3.05, 3.63) is 28.7 Å². The van der Waals surface area contributed by atoms with Gasteiger partial charge >= 0.3 is 0 Å². The molecule has 0 fully saturated rings. The Bertz CT molecular complexity index is 406. The van der Waals surface area contributed by atoms with Gasteiger partial charge in [0.05, 0.1) is 13.2 Å². The highest BCUT2D eigenvalue weighted by Crippen LogP contribution is 2.16. The van der Waals surface area contributed by atoms with Gasteiger partial charge in [0.25, 0.3) is 0 Å². The lowest BCUT2D eigenvalue weighted by Gasteiger charge is -2.06. The van der Waals surface area contributed by atoms with Gasteiger partial charge in [-0.3, -0.25) is 9.59 Å². The standard InChI is InChI=1S/C12H15BrN2O3/c13-9-3-5-10(6-4-9)18-7-1-2-12(17)15-8-11(14)16/h3-6H,1-2,7-8H2,(H2,14,16)(H,15,17). The largest absolute Gasteiger partial charge is 0.494 e. The Morgan fingerprint density at radius 2 is 1.94 bits per heavy atom. The minimum Gasteiger partial charge on any atom is -0.494 e. The minimum absolute atomic E-state index is 0.119. The molecule has 1 aromatic carbocycles. The molecule has 0 bridgehead atoms. The van der Waals surface area contributed by atoms with E-state index in [4.69, 9.17) is 10.5 Å². The maximum Gasteiger partial charge on any atom is 0.236 e. The molecule has 0 saturated heterocycles. The van der Waals surface area contributed by atoms with Crippen LogP contribution >= 0.6 is 15.9 Å². The van der Waals surface area contributed by atoms with Gasteiger partial charge in [-0.25, -0.2) is 0 Å². The van der Waals surface area contributed by atoms with Crippen LogP contribution in [0.4, 0.5) is 0 Å². The average molecular weight is 315 g/mol. The predicted molar refractivity (Wildman–Crippen MR) is 71.1 cm³/mol. The Labute approximate surface area is 114 Å². The zero-order valence-corrected chi connectivity index (χ0v) is 11.4. The molecule has 0 saturated carbocycles. The number of amides is 2. The van der Waals surface area contributed by atoms with Gasteiger partial charge in [0, 0.05) is 10.9 Å². The van der Waals surface area contributed by atoms with Crippen LogP contribution in [0.1, 0.15) is 12.8 Å². The fourth-order valence-electron chi connectivity index (χ4n) is 1.23. The van der Waals surface area contributed by atoms with Gasteiger partial charge in [0.2, 0.25) is 11.8 Å². The van der Waals surface area contributed by atoms with Crippen molar-refractivity contribution in [1.29, 1.82) is 0 Å². The molecule has 0 aliphatic rings. The van der Waals surface area contributed by atoms with Crippen LogP contribution in [-0.2, 0) is 9.59 Å². The molecule has 0 spiro atoms. The zero-order valence-electron chi connectivity index (χ0n) is 9.82. The second-order valence-corrected chi connectivity index (χ2v) is 4.56. The molecule has 18 heavy (non-hydrogen) atoms. The van der Waals surface area contributed by atoms with E-state index in [1.165, 1.54) is 0 Å². The lowest BCUT2D eigenvalue weighted by Crippen LogP contribution is -2.33. The second kappa shape index (κ2) is 7.71. The summed E-state index contributed by atoms with van der Waals surface area (Å²) in [5.41, 5.74) is 4.90. The van der Waals surface area contributed by atoms with Crippen LogP contribution in [0.15, 0.2) is 28.7 Å². The highest BCUT2D eigenvalue weighted by atomic mass is 79.9. The normalized spacial score (nSPS) is 9.83. The molecule has 98 valence electrons. The molecule has 0 aliphatic heterocycles. The van der Waals surface area contributed by atoms with Crippen LogP contribution in [0.3, 0.4) is 0 Å². The number of carbonyl (C=O) groups is 2. The van der Waals surface area contributed by atoms with E-state index in [2.05, 4.69) is 21.2 Å². The number of hydrogen-bond acceptors (Lipinski definition) is 3. The number of nitrogens with one attached hydrogen (secondary N) is 1. The summed E-state index contributed by atoms with van der Waals surface area (Å²) in [4.78, 5) is 21.6. The van der Waals surface area contributed by atoms with E-state index in [0.29, 0.717) is 19.4 Å². The van der Waals surface area contributed by atoms with E-state index in [-0.39, 0.29) is 12.5 Å². The molecule has 1 aromatic rings. The number of primary amides is 1. The summed E-state index contributed by atoms with van der Waals surface area (Å²) in [5.74, 6) is 0.0124. The highest BCUT2D eigenvalue weighted by molar-refractivity contribution is 9.10. The monoisotopic (exact) mass is 314 g/mol. The van der Waals surface area contributed by atoms with Crippen molar-refractivity contribution in [1.82, 2.24) is 5.32 Å². The minimum atomic E-state index is -0.547. The molecule has 0 radical (unpaired) electrons. The summed E-state index contributed by atoms with van der Waals surface area (Å²) in [5, 5.41) is 2.41. The van der Waals surface area contributed by atoms with E-state index >= 15 is 0 Å². The SMILES string of the molecule is NC(=O)CNC(=O)CCCOc1ccc(Br)cc1. The number of nitrogens with two attached hydrogens (primary N) is 1. The summed E-state index contributed by atoms with van der Waals surface area (Å²) in [6.07, 6.45) is 0.893. The van der Waals surface area contributed by atoms with E-state index in [1.807, 2.05) is 24.3 Å². The second-order valence-electron chi connectivity index (χ2n) is 3.65. The summed E-state index contributed by atoms with van der Waals surface area (Å²) in [7, 11) is 0. The van der Waals surface area contributed by atoms with Gasteiger partial charge in [-0.2, -0.15) is 0 Å². The van der Waals surface area contributed by atoms with Crippen molar-refractivity contribution < 1.29 is 14.3 Å². The number of halogens is 1. The smallest absolute Gasteiger partial charge is 0.236 e. The number of benzene rings is 1. The van der Waals surface area contributed by atoms with E-state index in [1.54, 1.807) is 0 Å². The molecule has 0 heterocycles. The molecule has 6 heteroatoms. The van der Waals surface area contributed by atoms with E-state index in [9.17, 15) is 9.59 Å². The number of ether oxygens (including phenoxy) is 1. The molecular formula is C12H15BrN2O3. The molecule has 0 aliphatic carbocycles. The van der Waals surface area contributed by atoms with Crippen molar-refractivity contribution in [2.24, 2.45) is 5.73 Å². The lowest BCUT2D eigenvalue weighted by molar-refractivity contribution is -0.124. The average Bonchev–Trinajstić information content (AvgIpc) is 2.34. The van der Waals surface area contributed by atoms with Gasteiger partial charge < -0.3 is 15.8 Å². The highest BCUT2D eigenvalue weighted by Gasteiger charge is 2.02. The number of rotatable bonds is 7. The quantitative estimate of drug-likeness (QED) is 0.742. The van der Waals surface area contributed by atoms with Crippen LogP contribution in [0.2, 0.25) is 0 Å². The van der Waals surface area contributed by atoms with E-state index in [0.717, 1.165) is 10.2 Å². The Hall–Kier alpha value is -1.56. The van der Waals surface area contributed by atoms with Crippen molar-refractivity contribution in [3.63, 3.8) is 0 Å². The molecule has 3 N–H and O–H groups in total. The third kappa shape index (κ3) is 6.24. The fraction of sp³-hybridized carbons (Fsp3) is 0.333. The van der Waals surface area contributed by atoms with Crippen LogP contribution in [0, 0.1) is 0 Å². The predicted octanol–water partition coefficient (Wildman–Crippen LogP) is 1.21. The van der Waals surface area contributed by atoms with Crippen molar-refractivity contribution >= 4 is 27.7 Å². The molecule has 2 amide bonds. The first-order valence-electron chi connectivity index (χ1n) is 5.51. The van der Waals surface area contributed by atoms with Crippen molar-refractivity contribution in [3.8, 4) is 5.75 Å². The molecule has 0 atom stereocenters. The summed E-state index contributed by atoms with van der Waals surface area (Å²) >= 11 is 3.33. The number of hydrogen-bond donors (Lipinski definition) is 2. The fourth-order valence-corrected chi connectivity index (χ4v) is 1.49.